The molecule has 10 nitrogen and oxygen atoms in total. The van der Waals surface area contributed by atoms with Crippen molar-refractivity contribution in [2.45, 2.75) is 93.8 Å². The number of hydrogen-bond donors (Lipinski definition) is 3. The molecule has 0 radical (unpaired) electrons. The van der Waals surface area contributed by atoms with Gasteiger partial charge in [0.15, 0.2) is 5.71 Å². The van der Waals surface area contributed by atoms with Crippen molar-refractivity contribution in [3.63, 3.8) is 0 Å². The molecule has 0 fully saturated rings. The van der Waals surface area contributed by atoms with Crippen molar-refractivity contribution in [1.29, 1.82) is 0 Å². The molecule has 2 heterocycles. The minimum Gasteiger partial charge on any atom is -0.481 e. The molecule has 0 spiro atoms. The molecule has 0 amide bonds. The highest BCUT2D eigenvalue weighted by Crippen LogP contribution is 2.48. The zero-order valence-electron chi connectivity index (χ0n) is 32.3. The number of fused-ring (bicyclic) bond motifs is 2. The third-order valence-corrected chi connectivity index (χ3v) is 11.8. The Labute approximate surface area is 326 Å². The summed E-state index contributed by atoms with van der Waals surface area (Å²) in [7, 11) is -8.82. The second-order valence-corrected chi connectivity index (χ2v) is 17.6. The first-order chi connectivity index (χ1) is 25.8. The standard InChI is InChI=1S/C43H52N2O8S2/c1-7-9-12-19-32(18-8-2)20-17-29-45-38-27-25-34(55(51,52)53)31-36(38)43(5,6)40(45)22-14-10-13-21-39-42(3,4)35-30-33(54(48,49)50)24-26-37(35)44(39)28-16-11-15-23-41(46)47/h7-10,12-14,18-19,21-22,24-27,30-31H,1,11,15-17,20,23,28-29H2,2-6H3,(H2-,46,47,48,49,50,51,52,53)/p+1/b12-9-,18-8-,32-19+. The highest BCUT2D eigenvalue weighted by molar-refractivity contribution is 7.86. The van der Waals surface area contributed by atoms with Gasteiger partial charge in [0.25, 0.3) is 20.2 Å². The second-order valence-electron chi connectivity index (χ2n) is 14.7. The van der Waals surface area contributed by atoms with Gasteiger partial charge in [-0.05, 0) is 87.6 Å². The van der Waals surface area contributed by atoms with Crippen LogP contribution in [0.1, 0.15) is 84.3 Å². The molecular formula is C43H53N2O8S2+. The minimum atomic E-state index is -4.41. The molecule has 3 N–H and O–H groups in total. The fourth-order valence-corrected chi connectivity index (χ4v) is 8.34. The van der Waals surface area contributed by atoms with Crippen LogP contribution in [0.25, 0.3) is 0 Å². The molecule has 0 aromatic heterocycles. The molecule has 55 heavy (non-hydrogen) atoms. The molecule has 0 aliphatic carbocycles. The van der Waals surface area contributed by atoms with Crippen LogP contribution in [0.4, 0.5) is 11.4 Å². The first-order valence-corrected chi connectivity index (χ1v) is 21.3. The van der Waals surface area contributed by atoms with Crippen molar-refractivity contribution >= 4 is 43.3 Å². The summed E-state index contributed by atoms with van der Waals surface area (Å²) in [5, 5.41) is 9.06. The van der Waals surface area contributed by atoms with Gasteiger partial charge < -0.3 is 10.0 Å². The first kappa shape index (κ1) is 43.1. The molecule has 294 valence electrons. The maximum atomic E-state index is 12.1. The molecular weight excluding hydrogens is 737 g/mol. The Morgan fingerprint density at radius 3 is 2.13 bits per heavy atom. The number of benzene rings is 2. The van der Waals surface area contributed by atoms with Crippen LogP contribution in [0.2, 0.25) is 0 Å². The third-order valence-electron chi connectivity index (χ3n) is 10.1. The minimum absolute atomic E-state index is 0.0968. The van der Waals surface area contributed by atoms with Gasteiger partial charge in [0.05, 0.1) is 15.2 Å². The van der Waals surface area contributed by atoms with Gasteiger partial charge in [-0.3, -0.25) is 13.9 Å². The highest BCUT2D eigenvalue weighted by Gasteiger charge is 2.45. The fraction of sp³-hybridized carbons (Fsp3) is 0.349. The number of hydrogen-bond acceptors (Lipinski definition) is 6. The summed E-state index contributed by atoms with van der Waals surface area (Å²) in [5.74, 6) is -0.832. The van der Waals surface area contributed by atoms with Gasteiger partial charge in [-0.15, -0.1) is 0 Å². The van der Waals surface area contributed by atoms with E-state index in [1.807, 2.05) is 83.2 Å². The molecule has 2 aromatic rings. The average molecular weight is 790 g/mol. The monoisotopic (exact) mass is 789 g/mol. The molecule has 0 bridgehead atoms. The Balaban J connectivity index is 1.68. The molecule has 0 unspecified atom stereocenters. The van der Waals surface area contributed by atoms with Gasteiger partial charge in [-0.1, -0.05) is 81.5 Å². The predicted octanol–water partition coefficient (Wildman–Crippen LogP) is 9.02. The summed E-state index contributed by atoms with van der Waals surface area (Å²) in [6.45, 7) is 15.0. The molecule has 4 rings (SSSR count). The van der Waals surface area contributed by atoms with Crippen LogP contribution in [0.15, 0.2) is 131 Å². The molecule has 0 atom stereocenters. The Morgan fingerprint density at radius 2 is 1.49 bits per heavy atom. The predicted molar refractivity (Wildman–Crippen MR) is 220 cm³/mol. The normalized spacial score (nSPS) is 17.8. The van der Waals surface area contributed by atoms with Gasteiger partial charge in [0.1, 0.15) is 6.54 Å². The van der Waals surface area contributed by atoms with Crippen molar-refractivity contribution in [2.24, 2.45) is 0 Å². The van der Waals surface area contributed by atoms with Crippen molar-refractivity contribution in [2.75, 3.05) is 18.0 Å². The number of anilines is 1. The van der Waals surface area contributed by atoms with Crippen LogP contribution in [0, 0.1) is 0 Å². The summed E-state index contributed by atoms with van der Waals surface area (Å²) in [6.07, 6.45) is 25.2. The van der Waals surface area contributed by atoms with Gasteiger partial charge >= 0.3 is 5.97 Å². The van der Waals surface area contributed by atoms with Crippen molar-refractivity contribution in [1.82, 2.24) is 0 Å². The SMILES string of the molecule is C=C\C=C/C=C(\C=C/C)CCC[N+]1=C(/C=C/C=C/C=C2/N(CCCCCC(=O)O)c3ccc(S(=O)(=O)O)cc3C2(C)C)C(C)(C)c2cc(S(=O)(=O)O)ccc21. The van der Waals surface area contributed by atoms with Gasteiger partial charge in [0.2, 0.25) is 5.69 Å². The van der Waals surface area contributed by atoms with Crippen LogP contribution < -0.4 is 4.90 Å². The van der Waals surface area contributed by atoms with E-state index in [2.05, 4.69) is 28.2 Å². The Morgan fingerprint density at radius 1 is 0.818 bits per heavy atom. The number of rotatable bonds is 18. The Hall–Kier alpha value is -4.62. The molecule has 2 aromatic carbocycles. The summed E-state index contributed by atoms with van der Waals surface area (Å²) in [6, 6.07) is 9.34. The zero-order chi connectivity index (χ0) is 40.6. The summed E-state index contributed by atoms with van der Waals surface area (Å²) < 4.78 is 70.1. The lowest BCUT2D eigenvalue weighted by molar-refractivity contribution is -0.438. The van der Waals surface area contributed by atoms with Crippen LogP contribution in [0.5, 0.6) is 0 Å². The van der Waals surface area contributed by atoms with Gasteiger partial charge in [-0.2, -0.15) is 21.4 Å². The van der Waals surface area contributed by atoms with Gasteiger partial charge in [-0.25, -0.2) is 0 Å². The Kier molecular flexibility index (Phi) is 14.0. The van der Waals surface area contributed by atoms with E-state index in [0.717, 1.165) is 58.7 Å². The Bertz CT molecular complexity index is 2240. The number of allylic oxidation sites excluding steroid dienone is 13. The van der Waals surface area contributed by atoms with Crippen molar-refractivity contribution < 1.29 is 40.4 Å². The molecule has 2 aliphatic rings. The smallest absolute Gasteiger partial charge is 0.303 e. The number of carboxylic acid groups (broad SMARTS) is 1. The van der Waals surface area contributed by atoms with E-state index in [9.17, 15) is 30.7 Å². The summed E-state index contributed by atoms with van der Waals surface area (Å²) in [5.41, 5.74) is 5.10. The third kappa shape index (κ3) is 10.4. The number of carbonyl (C=O) groups is 1. The van der Waals surface area contributed by atoms with E-state index in [-0.39, 0.29) is 16.2 Å². The van der Waals surface area contributed by atoms with E-state index in [1.54, 1.807) is 24.3 Å². The second kappa shape index (κ2) is 17.9. The van der Waals surface area contributed by atoms with E-state index in [0.29, 0.717) is 25.9 Å². The van der Waals surface area contributed by atoms with Crippen LogP contribution in [-0.4, -0.2) is 60.4 Å². The maximum absolute atomic E-state index is 12.1. The first-order valence-electron chi connectivity index (χ1n) is 18.4. The van der Waals surface area contributed by atoms with Crippen molar-refractivity contribution in [3.8, 4) is 0 Å². The number of nitrogens with zero attached hydrogens (tertiary/aromatic N) is 2. The molecule has 0 saturated heterocycles. The van der Waals surface area contributed by atoms with Crippen LogP contribution in [0.3, 0.4) is 0 Å². The number of carboxylic acids is 1. The quantitative estimate of drug-likeness (QED) is 0.0582. The van der Waals surface area contributed by atoms with Gasteiger partial charge in [0, 0.05) is 53.9 Å². The maximum Gasteiger partial charge on any atom is 0.303 e. The van der Waals surface area contributed by atoms with Crippen molar-refractivity contribution in [3.05, 3.63) is 132 Å². The molecule has 0 saturated carbocycles. The van der Waals surface area contributed by atoms with E-state index < -0.39 is 37.0 Å². The number of aliphatic carboxylic acids is 1. The summed E-state index contributed by atoms with van der Waals surface area (Å²) >= 11 is 0. The van der Waals surface area contributed by atoms with E-state index in [1.165, 1.54) is 18.2 Å². The van der Waals surface area contributed by atoms with E-state index in [4.69, 9.17) is 5.11 Å². The highest BCUT2D eigenvalue weighted by atomic mass is 32.2. The zero-order valence-corrected chi connectivity index (χ0v) is 33.9. The topological polar surface area (TPSA) is 152 Å². The lowest BCUT2D eigenvalue weighted by Crippen LogP contribution is -2.28. The van der Waals surface area contributed by atoms with Crippen LogP contribution in [-0.2, 0) is 35.9 Å². The lowest BCUT2D eigenvalue weighted by atomic mass is 9.81. The molecule has 2 aliphatic heterocycles. The lowest BCUT2D eigenvalue weighted by Gasteiger charge is -2.27. The van der Waals surface area contributed by atoms with Crippen LogP contribution >= 0.6 is 0 Å². The molecule has 12 heteroatoms. The summed E-state index contributed by atoms with van der Waals surface area (Å²) in [4.78, 5) is 12.8. The fourth-order valence-electron chi connectivity index (χ4n) is 7.33. The largest absolute Gasteiger partial charge is 0.481 e. The average Bonchev–Trinajstić information content (AvgIpc) is 3.44. The van der Waals surface area contributed by atoms with E-state index >= 15 is 0 Å². The number of unbranched alkanes of at least 4 members (excludes halogenated alkanes) is 2.